The summed E-state index contributed by atoms with van der Waals surface area (Å²) in [5, 5.41) is 3.59. The van der Waals surface area contributed by atoms with Crippen LogP contribution < -0.4 is 10.1 Å². The Morgan fingerprint density at radius 1 is 1.29 bits per heavy atom. The third-order valence-corrected chi connectivity index (χ3v) is 4.23. The second-order valence-corrected chi connectivity index (χ2v) is 6.61. The highest BCUT2D eigenvalue weighted by Gasteiger charge is 2.21. The molecule has 1 fully saturated rings. The lowest BCUT2D eigenvalue weighted by Gasteiger charge is -2.17. The van der Waals surface area contributed by atoms with E-state index in [-0.39, 0.29) is 0 Å². The highest BCUT2D eigenvalue weighted by atomic mass is 16.5. The second-order valence-electron chi connectivity index (χ2n) is 6.61. The highest BCUT2D eigenvalue weighted by Crippen LogP contribution is 2.17. The molecule has 1 aromatic carbocycles. The van der Waals surface area contributed by atoms with Crippen molar-refractivity contribution >= 4 is 0 Å². The van der Waals surface area contributed by atoms with E-state index in [1.807, 2.05) is 0 Å². The third-order valence-electron chi connectivity index (χ3n) is 4.23. The molecule has 0 aromatic heterocycles. The van der Waals surface area contributed by atoms with Crippen LogP contribution in [0.3, 0.4) is 0 Å². The molecule has 3 heteroatoms. The van der Waals surface area contributed by atoms with Crippen LogP contribution in [0.15, 0.2) is 24.3 Å². The maximum Gasteiger partial charge on any atom is 0.118 e. The Morgan fingerprint density at radius 2 is 2.05 bits per heavy atom. The van der Waals surface area contributed by atoms with Crippen molar-refractivity contribution in [1.82, 2.24) is 10.2 Å². The molecule has 1 aromatic rings. The Morgan fingerprint density at radius 3 is 2.71 bits per heavy atom. The summed E-state index contributed by atoms with van der Waals surface area (Å²) in [5.74, 6) is 2.52. The van der Waals surface area contributed by atoms with Gasteiger partial charge in [0.2, 0.25) is 0 Å². The van der Waals surface area contributed by atoms with E-state index in [4.69, 9.17) is 4.74 Å². The zero-order chi connectivity index (χ0) is 15.1. The van der Waals surface area contributed by atoms with Gasteiger partial charge in [0.25, 0.3) is 0 Å². The van der Waals surface area contributed by atoms with E-state index in [1.54, 1.807) is 7.11 Å². The molecule has 2 rings (SSSR count). The fraction of sp³-hybridized carbons (Fsp3) is 0.667. The predicted octanol–water partition coefficient (Wildman–Crippen LogP) is 2.81. The molecule has 1 aliphatic heterocycles. The van der Waals surface area contributed by atoms with Crippen LogP contribution in [0.2, 0.25) is 0 Å². The highest BCUT2D eigenvalue weighted by molar-refractivity contribution is 5.27. The maximum atomic E-state index is 5.20. The molecule has 1 heterocycles. The third kappa shape index (κ3) is 5.68. The van der Waals surface area contributed by atoms with Crippen LogP contribution in [-0.2, 0) is 6.42 Å². The molecule has 1 aliphatic rings. The molecule has 3 nitrogen and oxygen atoms in total. The first-order valence-electron chi connectivity index (χ1n) is 8.23. The van der Waals surface area contributed by atoms with Gasteiger partial charge in [-0.05, 0) is 62.0 Å². The van der Waals surface area contributed by atoms with Crippen LogP contribution in [0.1, 0.15) is 25.8 Å². The van der Waals surface area contributed by atoms with Crippen molar-refractivity contribution in [2.75, 3.05) is 39.8 Å². The van der Waals surface area contributed by atoms with Gasteiger partial charge in [-0.25, -0.2) is 0 Å². The Balaban J connectivity index is 1.65. The van der Waals surface area contributed by atoms with Crippen molar-refractivity contribution in [3.05, 3.63) is 29.8 Å². The monoisotopic (exact) mass is 290 g/mol. The number of ether oxygens (including phenoxy) is 1. The minimum atomic E-state index is 0.748. The Bertz CT molecular complexity index is 402. The van der Waals surface area contributed by atoms with E-state index in [2.05, 4.69) is 48.3 Å². The average Bonchev–Trinajstić information content (AvgIpc) is 2.93. The molecular weight excluding hydrogens is 260 g/mol. The minimum Gasteiger partial charge on any atom is -0.497 e. The van der Waals surface area contributed by atoms with Crippen molar-refractivity contribution in [3.8, 4) is 5.75 Å². The number of likely N-dealkylation sites (tertiary alicyclic amines) is 1. The van der Waals surface area contributed by atoms with Gasteiger partial charge in [-0.15, -0.1) is 0 Å². The summed E-state index contributed by atoms with van der Waals surface area (Å²) in [6, 6.07) is 8.46. The first-order valence-corrected chi connectivity index (χ1v) is 8.23. The zero-order valence-corrected chi connectivity index (χ0v) is 13.8. The molecule has 0 spiro atoms. The lowest BCUT2D eigenvalue weighted by atomic mass is 10.1. The lowest BCUT2D eigenvalue weighted by molar-refractivity contribution is 0.324. The molecule has 1 saturated heterocycles. The molecule has 0 bridgehead atoms. The van der Waals surface area contributed by atoms with Crippen LogP contribution in [0.5, 0.6) is 5.75 Å². The number of nitrogens with one attached hydrogen (secondary N) is 1. The standard InChI is InChI=1S/C18H30N2O/c1-15(2)12-19-13-17-9-11-20(14-17)10-8-16-4-6-18(21-3)7-5-16/h4-7,15,17,19H,8-14H2,1-3H3. The van der Waals surface area contributed by atoms with Gasteiger partial charge < -0.3 is 15.0 Å². The molecule has 0 saturated carbocycles. The summed E-state index contributed by atoms with van der Waals surface area (Å²) in [7, 11) is 1.71. The summed E-state index contributed by atoms with van der Waals surface area (Å²) in [4.78, 5) is 2.60. The van der Waals surface area contributed by atoms with Gasteiger partial charge in [0.05, 0.1) is 7.11 Å². The quantitative estimate of drug-likeness (QED) is 0.797. The van der Waals surface area contributed by atoms with E-state index in [0.29, 0.717) is 0 Å². The summed E-state index contributed by atoms with van der Waals surface area (Å²) < 4.78 is 5.20. The van der Waals surface area contributed by atoms with Crippen molar-refractivity contribution in [2.45, 2.75) is 26.7 Å². The summed E-state index contributed by atoms with van der Waals surface area (Å²) in [6.45, 7) is 10.5. The zero-order valence-electron chi connectivity index (χ0n) is 13.8. The SMILES string of the molecule is COc1ccc(CCN2CCC(CNCC(C)C)C2)cc1. The van der Waals surface area contributed by atoms with Gasteiger partial charge in [-0.3, -0.25) is 0 Å². The van der Waals surface area contributed by atoms with Crippen LogP contribution in [0.4, 0.5) is 0 Å². The summed E-state index contributed by atoms with van der Waals surface area (Å²) in [5.41, 5.74) is 1.40. The molecule has 0 aliphatic carbocycles. The lowest BCUT2D eigenvalue weighted by Crippen LogP contribution is -2.29. The number of nitrogens with zero attached hydrogens (tertiary/aromatic N) is 1. The van der Waals surface area contributed by atoms with E-state index in [9.17, 15) is 0 Å². The predicted molar refractivity (Wildman–Crippen MR) is 89.0 cm³/mol. The van der Waals surface area contributed by atoms with Crippen LogP contribution >= 0.6 is 0 Å². The first-order chi connectivity index (χ1) is 10.2. The molecule has 1 unspecified atom stereocenters. The van der Waals surface area contributed by atoms with E-state index < -0.39 is 0 Å². The molecule has 21 heavy (non-hydrogen) atoms. The van der Waals surface area contributed by atoms with Crippen molar-refractivity contribution in [1.29, 1.82) is 0 Å². The fourth-order valence-electron chi connectivity index (χ4n) is 2.94. The number of rotatable bonds is 8. The first kappa shape index (κ1) is 16.3. The molecule has 118 valence electrons. The Kier molecular flexibility index (Phi) is 6.52. The van der Waals surface area contributed by atoms with Gasteiger partial charge >= 0.3 is 0 Å². The molecule has 0 radical (unpaired) electrons. The van der Waals surface area contributed by atoms with Crippen LogP contribution in [-0.4, -0.2) is 44.7 Å². The largest absolute Gasteiger partial charge is 0.497 e. The van der Waals surface area contributed by atoms with Gasteiger partial charge in [0, 0.05) is 13.1 Å². The summed E-state index contributed by atoms with van der Waals surface area (Å²) in [6.07, 6.45) is 2.48. The van der Waals surface area contributed by atoms with E-state index in [1.165, 1.54) is 38.2 Å². The topological polar surface area (TPSA) is 24.5 Å². The van der Waals surface area contributed by atoms with Crippen molar-refractivity contribution < 1.29 is 4.74 Å². The Hall–Kier alpha value is -1.06. The normalized spacial score (nSPS) is 19.3. The van der Waals surface area contributed by atoms with Crippen LogP contribution in [0.25, 0.3) is 0 Å². The molecule has 1 atom stereocenters. The average molecular weight is 290 g/mol. The van der Waals surface area contributed by atoms with Crippen molar-refractivity contribution in [3.63, 3.8) is 0 Å². The Labute approximate surface area is 129 Å². The van der Waals surface area contributed by atoms with Gasteiger partial charge in [-0.2, -0.15) is 0 Å². The van der Waals surface area contributed by atoms with Crippen molar-refractivity contribution in [2.24, 2.45) is 11.8 Å². The van der Waals surface area contributed by atoms with Crippen LogP contribution in [0, 0.1) is 11.8 Å². The number of hydrogen-bond acceptors (Lipinski definition) is 3. The smallest absolute Gasteiger partial charge is 0.118 e. The molecule has 0 amide bonds. The van der Waals surface area contributed by atoms with E-state index in [0.717, 1.165) is 30.6 Å². The second kappa shape index (κ2) is 8.40. The van der Waals surface area contributed by atoms with Gasteiger partial charge in [-0.1, -0.05) is 26.0 Å². The summed E-state index contributed by atoms with van der Waals surface area (Å²) >= 11 is 0. The maximum absolute atomic E-state index is 5.20. The minimum absolute atomic E-state index is 0.748. The van der Waals surface area contributed by atoms with Gasteiger partial charge in [0.15, 0.2) is 0 Å². The fourth-order valence-corrected chi connectivity index (χ4v) is 2.94. The molecular formula is C18H30N2O. The number of hydrogen-bond donors (Lipinski definition) is 1. The van der Waals surface area contributed by atoms with E-state index >= 15 is 0 Å². The molecule has 1 N–H and O–H groups in total. The van der Waals surface area contributed by atoms with Gasteiger partial charge in [0.1, 0.15) is 5.75 Å². The number of methoxy groups -OCH3 is 1. The number of benzene rings is 1.